The van der Waals surface area contributed by atoms with Gasteiger partial charge in [-0.2, -0.15) is 0 Å². The number of halogens is 2. The van der Waals surface area contributed by atoms with Gasteiger partial charge >= 0.3 is 0 Å². The minimum Gasteiger partial charge on any atom is -0.333 e. The number of hydrogen-bond acceptors (Lipinski definition) is 1. The second-order valence-corrected chi connectivity index (χ2v) is 4.83. The molecule has 0 unspecified atom stereocenters. The Bertz CT molecular complexity index is 546. The third kappa shape index (κ3) is 2.76. The number of terminal acetylenes is 1. The summed E-state index contributed by atoms with van der Waals surface area (Å²) in [7, 11) is 0. The molecule has 1 aromatic carbocycles. The van der Waals surface area contributed by atoms with Gasteiger partial charge in [-0.25, -0.2) is 8.78 Å². The molecule has 1 amide bonds. The van der Waals surface area contributed by atoms with Crippen molar-refractivity contribution in [3.8, 4) is 12.3 Å². The lowest BCUT2D eigenvalue weighted by Gasteiger charge is -2.32. The Hall–Kier alpha value is -1.89. The highest BCUT2D eigenvalue weighted by atomic mass is 19.3. The van der Waals surface area contributed by atoms with E-state index in [0.29, 0.717) is 24.1 Å². The first kappa shape index (κ1) is 13.5. The predicted octanol–water partition coefficient (Wildman–Crippen LogP) is 2.85. The van der Waals surface area contributed by atoms with Gasteiger partial charge in [0.05, 0.1) is 12.1 Å². The summed E-state index contributed by atoms with van der Waals surface area (Å²) >= 11 is 0. The van der Waals surface area contributed by atoms with E-state index in [9.17, 15) is 13.6 Å². The van der Waals surface area contributed by atoms with Crippen molar-refractivity contribution in [2.24, 2.45) is 0 Å². The summed E-state index contributed by atoms with van der Waals surface area (Å²) < 4.78 is 26.7. The summed E-state index contributed by atoms with van der Waals surface area (Å²) in [5.74, 6) is -0.734. The van der Waals surface area contributed by atoms with Gasteiger partial charge in [0.25, 0.3) is 11.8 Å². The van der Waals surface area contributed by atoms with Crippen molar-refractivity contribution in [2.75, 3.05) is 13.1 Å². The summed E-state index contributed by atoms with van der Waals surface area (Å²) in [5, 5.41) is 0. The van der Waals surface area contributed by atoms with Crippen molar-refractivity contribution in [3.05, 3.63) is 34.9 Å². The fourth-order valence-corrected chi connectivity index (χ4v) is 2.35. The Morgan fingerprint density at radius 1 is 1.47 bits per heavy atom. The molecule has 0 atom stereocenters. The van der Waals surface area contributed by atoms with Gasteiger partial charge in [-0.3, -0.25) is 4.79 Å². The van der Waals surface area contributed by atoms with Gasteiger partial charge in [0, 0.05) is 18.5 Å². The number of alkyl halides is 2. The van der Waals surface area contributed by atoms with Crippen molar-refractivity contribution >= 4 is 5.91 Å². The summed E-state index contributed by atoms with van der Waals surface area (Å²) in [6.07, 6.45) is 5.56. The number of amides is 1. The monoisotopic (exact) mass is 263 g/mol. The highest BCUT2D eigenvalue weighted by molar-refractivity contribution is 5.97. The number of carbonyl (C=O) groups is 1. The van der Waals surface area contributed by atoms with Gasteiger partial charge in [-0.15, -0.1) is 6.42 Å². The van der Waals surface area contributed by atoms with Gasteiger partial charge < -0.3 is 4.90 Å². The molecule has 0 bridgehead atoms. The van der Waals surface area contributed by atoms with E-state index in [-0.39, 0.29) is 6.42 Å². The molecular formula is C15H15F2NO. The summed E-state index contributed by atoms with van der Waals surface area (Å²) in [6, 6.07) is 5.11. The molecule has 4 heteroatoms. The summed E-state index contributed by atoms with van der Waals surface area (Å²) in [6.45, 7) is 1.63. The Kier molecular flexibility index (Phi) is 3.57. The number of piperidine rings is 1. The summed E-state index contributed by atoms with van der Waals surface area (Å²) in [5.41, 5.74) is 1.62. The average Bonchev–Trinajstić information content (AvgIpc) is 2.36. The van der Waals surface area contributed by atoms with Gasteiger partial charge in [-0.1, -0.05) is 18.1 Å². The van der Waals surface area contributed by atoms with Crippen LogP contribution >= 0.6 is 0 Å². The zero-order valence-electron chi connectivity index (χ0n) is 10.7. The fourth-order valence-electron chi connectivity index (χ4n) is 2.35. The molecule has 0 aromatic heterocycles. The summed E-state index contributed by atoms with van der Waals surface area (Å²) in [4.78, 5) is 13.5. The molecule has 1 fully saturated rings. The van der Waals surface area contributed by atoms with Crippen molar-refractivity contribution in [1.29, 1.82) is 0 Å². The molecule has 1 saturated heterocycles. The molecule has 1 aliphatic heterocycles. The predicted molar refractivity (Wildman–Crippen MR) is 69.2 cm³/mol. The van der Waals surface area contributed by atoms with Gasteiger partial charge in [0.15, 0.2) is 0 Å². The molecule has 0 radical (unpaired) electrons. The highest BCUT2D eigenvalue weighted by Gasteiger charge is 2.37. The number of carbonyl (C=O) groups excluding carboxylic acids is 1. The SMILES string of the molecule is C#Cc1c(C)cccc1C(=O)N1CCCC(F)(F)C1. The fraction of sp³-hybridized carbons (Fsp3) is 0.400. The van der Waals surface area contributed by atoms with E-state index in [1.54, 1.807) is 25.1 Å². The Balaban J connectivity index is 2.30. The molecule has 0 N–H and O–H groups in total. The van der Waals surface area contributed by atoms with E-state index in [2.05, 4.69) is 5.92 Å². The molecular weight excluding hydrogens is 248 g/mol. The van der Waals surface area contributed by atoms with E-state index in [1.807, 2.05) is 0 Å². The van der Waals surface area contributed by atoms with Crippen LogP contribution in [0.4, 0.5) is 8.78 Å². The zero-order valence-corrected chi connectivity index (χ0v) is 10.7. The van der Waals surface area contributed by atoms with E-state index >= 15 is 0 Å². The Morgan fingerprint density at radius 2 is 2.21 bits per heavy atom. The van der Waals surface area contributed by atoms with Crippen LogP contribution in [0.5, 0.6) is 0 Å². The molecule has 0 saturated carbocycles. The van der Waals surface area contributed by atoms with E-state index in [0.717, 1.165) is 5.56 Å². The van der Waals surface area contributed by atoms with Crippen molar-refractivity contribution in [2.45, 2.75) is 25.7 Å². The van der Waals surface area contributed by atoms with Gasteiger partial charge in [-0.05, 0) is 25.0 Å². The second-order valence-electron chi connectivity index (χ2n) is 4.83. The van der Waals surface area contributed by atoms with Crippen LogP contribution < -0.4 is 0 Å². The van der Waals surface area contributed by atoms with Crippen LogP contribution in [-0.4, -0.2) is 29.8 Å². The normalized spacial score (nSPS) is 17.9. The number of likely N-dealkylation sites (tertiary alicyclic amines) is 1. The molecule has 19 heavy (non-hydrogen) atoms. The van der Waals surface area contributed by atoms with Gasteiger partial charge in [0.2, 0.25) is 0 Å². The first-order valence-electron chi connectivity index (χ1n) is 6.18. The van der Waals surface area contributed by atoms with Crippen LogP contribution in [-0.2, 0) is 0 Å². The van der Waals surface area contributed by atoms with Crippen LogP contribution in [0.25, 0.3) is 0 Å². The first-order chi connectivity index (χ1) is 8.94. The van der Waals surface area contributed by atoms with E-state index in [1.165, 1.54) is 4.90 Å². The third-order valence-corrected chi connectivity index (χ3v) is 3.33. The lowest BCUT2D eigenvalue weighted by molar-refractivity contribution is -0.0560. The maximum Gasteiger partial charge on any atom is 0.265 e. The largest absolute Gasteiger partial charge is 0.333 e. The minimum absolute atomic E-state index is 0.160. The number of nitrogens with zero attached hydrogens (tertiary/aromatic N) is 1. The highest BCUT2D eigenvalue weighted by Crippen LogP contribution is 2.28. The second kappa shape index (κ2) is 5.00. The van der Waals surface area contributed by atoms with Gasteiger partial charge in [0.1, 0.15) is 0 Å². The molecule has 1 aromatic rings. The topological polar surface area (TPSA) is 20.3 Å². The van der Waals surface area contributed by atoms with Crippen LogP contribution in [0.1, 0.15) is 34.3 Å². The Labute approximate surface area is 111 Å². The van der Waals surface area contributed by atoms with Crippen molar-refractivity contribution in [3.63, 3.8) is 0 Å². The lowest BCUT2D eigenvalue weighted by Crippen LogP contribution is -2.45. The molecule has 2 nitrogen and oxygen atoms in total. The van der Waals surface area contributed by atoms with E-state index in [4.69, 9.17) is 6.42 Å². The van der Waals surface area contributed by atoms with Crippen LogP contribution in [0.3, 0.4) is 0 Å². The standard InChI is InChI=1S/C15H15F2NO/c1-3-12-11(2)6-4-7-13(12)14(19)18-9-5-8-15(16,17)10-18/h1,4,6-7H,5,8-10H2,2H3. The maximum atomic E-state index is 13.4. The molecule has 1 heterocycles. The zero-order chi connectivity index (χ0) is 14.0. The molecule has 0 aliphatic carbocycles. The van der Waals surface area contributed by atoms with Crippen molar-refractivity contribution < 1.29 is 13.6 Å². The first-order valence-corrected chi connectivity index (χ1v) is 6.18. The molecule has 1 aliphatic rings. The third-order valence-electron chi connectivity index (χ3n) is 3.33. The van der Waals surface area contributed by atoms with Crippen LogP contribution in [0.2, 0.25) is 0 Å². The number of hydrogen-bond donors (Lipinski definition) is 0. The molecule has 0 spiro atoms. The lowest BCUT2D eigenvalue weighted by atomic mass is 10.00. The number of benzene rings is 1. The van der Waals surface area contributed by atoms with Crippen molar-refractivity contribution in [1.82, 2.24) is 4.90 Å². The minimum atomic E-state index is -2.80. The Morgan fingerprint density at radius 3 is 2.84 bits per heavy atom. The number of aryl methyl sites for hydroxylation is 1. The smallest absolute Gasteiger partial charge is 0.265 e. The average molecular weight is 263 g/mol. The number of rotatable bonds is 1. The maximum absolute atomic E-state index is 13.4. The van der Waals surface area contributed by atoms with Crippen LogP contribution in [0, 0.1) is 19.3 Å². The van der Waals surface area contributed by atoms with Crippen LogP contribution in [0.15, 0.2) is 18.2 Å². The molecule has 100 valence electrons. The molecule has 2 rings (SSSR count). The van der Waals surface area contributed by atoms with E-state index < -0.39 is 18.4 Å². The quantitative estimate of drug-likeness (QED) is 0.713.